The van der Waals surface area contributed by atoms with Crippen LogP contribution in [0.2, 0.25) is 0 Å². The zero-order chi connectivity index (χ0) is 21.8. The van der Waals surface area contributed by atoms with Gasteiger partial charge in [-0.3, -0.25) is 9.48 Å². The highest BCUT2D eigenvalue weighted by Crippen LogP contribution is 2.28. The Balaban J connectivity index is 1.59. The number of carbonyl (C=O) groups excluding carboxylic acids is 1. The molecule has 31 heavy (non-hydrogen) atoms. The molecular formula is C22H18F2N4O3. The van der Waals surface area contributed by atoms with Gasteiger partial charge in [-0.05, 0) is 23.8 Å². The highest BCUT2D eigenvalue weighted by molar-refractivity contribution is 6.07. The van der Waals surface area contributed by atoms with Gasteiger partial charge in [-0.1, -0.05) is 35.5 Å². The first-order chi connectivity index (χ1) is 15.0. The molecule has 0 radical (unpaired) electrons. The van der Waals surface area contributed by atoms with E-state index in [1.165, 1.54) is 18.3 Å². The molecule has 1 amide bonds. The van der Waals surface area contributed by atoms with Crippen molar-refractivity contribution in [1.29, 1.82) is 0 Å². The fraction of sp³-hybridized carbons (Fsp3) is 0.136. The summed E-state index contributed by atoms with van der Waals surface area (Å²) in [6, 6.07) is 13.9. The maximum Gasteiger partial charge on any atom is 0.387 e. The van der Waals surface area contributed by atoms with Crippen LogP contribution in [0.4, 0.5) is 14.5 Å². The topological polar surface area (TPSA) is 82.2 Å². The van der Waals surface area contributed by atoms with Crippen molar-refractivity contribution in [2.45, 2.75) is 13.0 Å². The monoisotopic (exact) mass is 424 g/mol. The van der Waals surface area contributed by atoms with Crippen LogP contribution in [0.1, 0.15) is 21.5 Å². The normalized spacial score (nSPS) is 11.0. The molecule has 158 valence electrons. The van der Waals surface area contributed by atoms with Gasteiger partial charge in [0.2, 0.25) is 0 Å². The van der Waals surface area contributed by atoms with E-state index >= 15 is 0 Å². The van der Waals surface area contributed by atoms with Crippen molar-refractivity contribution in [2.75, 3.05) is 5.32 Å². The Kier molecular flexibility index (Phi) is 5.74. The SMILES string of the molecule is Cn1cc(-c2oncc2C(=O)Nc2ccc(OC(F)F)c(Cc3ccccc3)c2)cn1. The minimum absolute atomic E-state index is 0.0536. The molecule has 0 saturated heterocycles. The molecular weight excluding hydrogens is 406 g/mol. The average molecular weight is 424 g/mol. The van der Waals surface area contributed by atoms with Crippen LogP contribution in [0.15, 0.2) is 71.6 Å². The number of aryl methyl sites for hydroxylation is 1. The molecule has 2 aromatic carbocycles. The summed E-state index contributed by atoms with van der Waals surface area (Å²) in [7, 11) is 1.75. The van der Waals surface area contributed by atoms with E-state index in [1.807, 2.05) is 30.3 Å². The number of hydrogen-bond donors (Lipinski definition) is 1. The molecule has 0 fully saturated rings. The molecule has 4 aromatic rings. The third kappa shape index (κ3) is 4.77. The van der Waals surface area contributed by atoms with Crippen molar-refractivity contribution in [3.63, 3.8) is 0 Å². The van der Waals surface area contributed by atoms with Crippen LogP contribution in [0.5, 0.6) is 5.75 Å². The van der Waals surface area contributed by atoms with Crippen LogP contribution in [-0.4, -0.2) is 27.5 Å². The van der Waals surface area contributed by atoms with E-state index in [9.17, 15) is 13.6 Å². The molecule has 2 aromatic heterocycles. The van der Waals surface area contributed by atoms with Gasteiger partial charge < -0.3 is 14.6 Å². The Morgan fingerprint density at radius 2 is 2.00 bits per heavy atom. The number of carbonyl (C=O) groups is 1. The lowest BCUT2D eigenvalue weighted by molar-refractivity contribution is -0.0503. The van der Waals surface area contributed by atoms with E-state index in [2.05, 4.69) is 20.3 Å². The molecule has 0 bridgehead atoms. The first kappa shape index (κ1) is 20.3. The predicted octanol–water partition coefficient (Wildman–Crippen LogP) is 4.52. The van der Waals surface area contributed by atoms with Crippen molar-refractivity contribution >= 4 is 11.6 Å². The summed E-state index contributed by atoms with van der Waals surface area (Å²) in [6.45, 7) is -2.95. The van der Waals surface area contributed by atoms with E-state index in [0.29, 0.717) is 23.2 Å². The van der Waals surface area contributed by atoms with Gasteiger partial charge in [-0.25, -0.2) is 0 Å². The number of nitrogens with one attached hydrogen (secondary N) is 1. The summed E-state index contributed by atoms with van der Waals surface area (Å²) >= 11 is 0. The largest absolute Gasteiger partial charge is 0.435 e. The summed E-state index contributed by atoms with van der Waals surface area (Å²) in [5, 5.41) is 10.5. The van der Waals surface area contributed by atoms with Crippen LogP contribution in [-0.2, 0) is 13.5 Å². The van der Waals surface area contributed by atoms with Crippen LogP contribution >= 0.6 is 0 Å². The molecule has 2 heterocycles. The van der Waals surface area contributed by atoms with E-state index < -0.39 is 12.5 Å². The van der Waals surface area contributed by atoms with Gasteiger partial charge in [-0.2, -0.15) is 13.9 Å². The number of amides is 1. The summed E-state index contributed by atoms with van der Waals surface area (Å²) in [5.74, 6) is -0.112. The maximum absolute atomic E-state index is 12.8. The molecule has 0 unspecified atom stereocenters. The van der Waals surface area contributed by atoms with Gasteiger partial charge in [0.25, 0.3) is 5.91 Å². The smallest absolute Gasteiger partial charge is 0.387 e. The first-order valence-electron chi connectivity index (χ1n) is 9.36. The van der Waals surface area contributed by atoms with Gasteiger partial charge in [0.05, 0.1) is 18.0 Å². The third-order valence-corrected chi connectivity index (χ3v) is 4.55. The number of nitrogens with zero attached hydrogens (tertiary/aromatic N) is 3. The summed E-state index contributed by atoms with van der Waals surface area (Å²) in [6.07, 6.45) is 4.94. The minimum Gasteiger partial charge on any atom is -0.435 e. The van der Waals surface area contributed by atoms with E-state index in [-0.39, 0.29) is 17.1 Å². The van der Waals surface area contributed by atoms with E-state index in [0.717, 1.165) is 5.56 Å². The number of anilines is 1. The van der Waals surface area contributed by atoms with E-state index in [1.54, 1.807) is 30.2 Å². The highest BCUT2D eigenvalue weighted by Gasteiger charge is 2.20. The number of alkyl halides is 2. The minimum atomic E-state index is -2.95. The average Bonchev–Trinajstić information content (AvgIpc) is 3.39. The fourth-order valence-electron chi connectivity index (χ4n) is 3.17. The molecule has 0 atom stereocenters. The maximum atomic E-state index is 12.8. The molecule has 4 rings (SSSR count). The molecule has 0 aliphatic rings. The van der Waals surface area contributed by atoms with Crippen molar-refractivity contribution in [3.05, 3.63) is 83.8 Å². The summed E-state index contributed by atoms with van der Waals surface area (Å²) < 4.78 is 37.1. The Hall–Kier alpha value is -4.01. The second kappa shape index (κ2) is 8.78. The number of rotatable bonds is 7. The van der Waals surface area contributed by atoms with Crippen LogP contribution in [0.25, 0.3) is 11.3 Å². The van der Waals surface area contributed by atoms with Gasteiger partial charge in [-0.15, -0.1) is 0 Å². The first-order valence-corrected chi connectivity index (χ1v) is 9.36. The van der Waals surface area contributed by atoms with Crippen LogP contribution < -0.4 is 10.1 Å². The lowest BCUT2D eigenvalue weighted by atomic mass is 10.0. The summed E-state index contributed by atoms with van der Waals surface area (Å²) in [4.78, 5) is 12.8. The van der Waals surface area contributed by atoms with Gasteiger partial charge >= 0.3 is 6.61 Å². The predicted molar refractivity (Wildman–Crippen MR) is 109 cm³/mol. The van der Waals surface area contributed by atoms with E-state index in [4.69, 9.17) is 4.52 Å². The Bertz CT molecular complexity index is 1190. The molecule has 1 N–H and O–H groups in total. The Morgan fingerprint density at radius 3 is 2.71 bits per heavy atom. The number of aromatic nitrogens is 3. The number of ether oxygens (including phenoxy) is 1. The zero-order valence-electron chi connectivity index (χ0n) is 16.5. The lowest BCUT2D eigenvalue weighted by Gasteiger charge is -2.13. The molecule has 0 aliphatic heterocycles. The number of halogens is 2. The molecule has 0 aliphatic carbocycles. The quantitative estimate of drug-likeness (QED) is 0.472. The van der Waals surface area contributed by atoms with Crippen molar-refractivity contribution < 1.29 is 22.8 Å². The Morgan fingerprint density at radius 1 is 1.19 bits per heavy atom. The standard InChI is InChI=1S/C22H18F2N4O3/c1-28-13-16(11-25-28)20-18(12-26-31-20)21(29)27-17-7-8-19(30-22(23)24)15(10-17)9-14-5-3-2-4-6-14/h2-8,10-13,22H,9H2,1H3,(H,27,29). The second-order valence-electron chi connectivity index (χ2n) is 6.79. The number of benzene rings is 2. The molecule has 7 nitrogen and oxygen atoms in total. The molecule has 0 spiro atoms. The molecule has 0 saturated carbocycles. The Labute approximate surface area is 176 Å². The third-order valence-electron chi connectivity index (χ3n) is 4.55. The van der Waals surface area contributed by atoms with Crippen molar-refractivity contribution in [3.8, 4) is 17.1 Å². The highest BCUT2D eigenvalue weighted by atomic mass is 19.3. The van der Waals surface area contributed by atoms with Crippen molar-refractivity contribution in [2.24, 2.45) is 7.05 Å². The summed E-state index contributed by atoms with van der Waals surface area (Å²) in [5.41, 5.74) is 2.70. The van der Waals surface area contributed by atoms with Gasteiger partial charge in [0.15, 0.2) is 5.76 Å². The number of hydrogen-bond acceptors (Lipinski definition) is 5. The van der Waals surface area contributed by atoms with Crippen molar-refractivity contribution in [1.82, 2.24) is 14.9 Å². The van der Waals surface area contributed by atoms with Crippen LogP contribution in [0, 0.1) is 0 Å². The molecule has 9 heteroatoms. The fourth-order valence-corrected chi connectivity index (χ4v) is 3.17. The zero-order valence-corrected chi connectivity index (χ0v) is 16.5. The van der Waals surface area contributed by atoms with Crippen LogP contribution in [0.3, 0.4) is 0 Å². The van der Waals surface area contributed by atoms with Gasteiger partial charge in [0.1, 0.15) is 11.3 Å². The lowest BCUT2D eigenvalue weighted by Crippen LogP contribution is -2.13. The van der Waals surface area contributed by atoms with Gasteiger partial charge in [0, 0.05) is 30.9 Å². The second-order valence-corrected chi connectivity index (χ2v) is 6.79.